The molecule has 1 aliphatic heterocycles. The van der Waals surface area contributed by atoms with Gasteiger partial charge in [0.1, 0.15) is 12.6 Å². The van der Waals surface area contributed by atoms with Crippen LogP contribution in [0.25, 0.3) is 0 Å². The smallest absolute Gasteiger partial charge is 0.323 e. The van der Waals surface area contributed by atoms with E-state index in [4.69, 9.17) is 5.11 Å². The largest absolute Gasteiger partial charge is 0.480 e. The molecule has 132 valence electrons. The molecule has 1 saturated heterocycles. The van der Waals surface area contributed by atoms with Gasteiger partial charge in [-0.1, -0.05) is 24.6 Å². The zero-order valence-corrected chi connectivity index (χ0v) is 14.4. The van der Waals surface area contributed by atoms with Crippen LogP contribution in [0.3, 0.4) is 0 Å². The topological polar surface area (TPSA) is 95.0 Å². The quantitative estimate of drug-likeness (QED) is 0.827. The Labute approximate surface area is 141 Å². The van der Waals surface area contributed by atoms with E-state index in [1.807, 2.05) is 0 Å². The summed E-state index contributed by atoms with van der Waals surface area (Å²) in [6.45, 7) is 1.74. The van der Waals surface area contributed by atoms with E-state index in [0.717, 1.165) is 6.42 Å². The van der Waals surface area contributed by atoms with Crippen LogP contribution in [-0.2, 0) is 19.6 Å². The SMILES string of the molecule is CCN(CC(=O)O)C(=O)C1CCCCN1S(=O)(=O)c1ccccc1. The fourth-order valence-corrected chi connectivity index (χ4v) is 4.56. The summed E-state index contributed by atoms with van der Waals surface area (Å²) in [5.41, 5.74) is 0. The number of piperidine rings is 1. The van der Waals surface area contributed by atoms with Gasteiger partial charge >= 0.3 is 5.97 Å². The Hall–Kier alpha value is -1.93. The molecular weight excluding hydrogens is 332 g/mol. The number of likely N-dealkylation sites (N-methyl/N-ethyl adjacent to an activating group) is 1. The normalized spacial score (nSPS) is 19.0. The highest BCUT2D eigenvalue weighted by Gasteiger charge is 2.39. The van der Waals surface area contributed by atoms with Crippen LogP contribution in [-0.4, -0.2) is 60.3 Å². The van der Waals surface area contributed by atoms with Crippen molar-refractivity contribution in [2.75, 3.05) is 19.6 Å². The van der Waals surface area contributed by atoms with Gasteiger partial charge in [-0.15, -0.1) is 0 Å². The van der Waals surface area contributed by atoms with Crippen LogP contribution >= 0.6 is 0 Å². The highest BCUT2D eigenvalue weighted by Crippen LogP contribution is 2.26. The minimum atomic E-state index is -3.79. The molecule has 1 aromatic carbocycles. The lowest BCUT2D eigenvalue weighted by atomic mass is 10.0. The number of rotatable bonds is 6. The van der Waals surface area contributed by atoms with Crippen LogP contribution in [0, 0.1) is 0 Å². The molecule has 1 fully saturated rings. The molecule has 0 aromatic heterocycles. The molecular formula is C16H22N2O5S. The van der Waals surface area contributed by atoms with Gasteiger partial charge in [-0.05, 0) is 31.9 Å². The summed E-state index contributed by atoms with van der Waals surface area (Å²) in [6.07, 6.45) is 1.82. The van der Waals surface area contributed by atoms with Gasteiger partial charge in [-0.3, -0.25) is 9.59 Å². The van der Waals surface area contributed by atoms with Crippen molar-refractivity contribution in [3.05, 3.63) is 30.3 Å². The maximum absolute atomic E-state index is 12.9. The lowest BCUT2D eigenvalue weighted by Crippen LogP contribution is -2.53. The number of aliphatic carboxylic acids is 1. The highest BCUT2D eigenvalue weighted by atomic mass is 32.2. The summed E-state index contributed by atoms with van der Waals surface area (Å²) in [5, 5.41) is 8.94. The van der Waals surface area contributed by atoms with E-state index in [1.165, 1.54) is 21.3 Å². The Morgan fingerprint density at radius 1 is 1.25 bits per heavy atom. The molecule has 8 heteroatoms. The van der Waals surface area contributed by atoms with Crippen LogP contribution < -0.4 is 0 Å². The molecule has 1 aliphatic rings. The molecule has 1 aromatic rings. The van der Waals surface area contributed by atoms with Gasteiger partial charge in [-0.25, -0.2) is 8.42 Å². The van der Waals surface area contributed by atoms with E-state index in [1.54, 1.807) is 25.1 Å². The third-order valence-electron chi connectivity index (χ3n) is 4.11. The first-order chi connectivity index (χ1) is 11.4. The second-order valence-corrected chi connectivity index (χ2v) is 7.58. The molecule has 1 atom stereocenters. The number of carbonyl (C=O) groups excluding carboxylic acids is 1. The second-order valence-electron chi connectivity index (χ2n) is 5.69. The Bertz CT molecular complexity index is 690. The van der Waals surface area contributed by atoms with Crippen LogP contribution in [0.1, 0.15) is 26.2 Å². The maximum atomic E-state index is 12.9. The van der Waals surface area contributed by atoms with Gasteiger partial charge in [0.25, 0.3) is 0 Å². The lowest BCUT2D eigenvalue weighted by Gasteiger charge is -2.36. The zero-order valence-electron chi connectivity index (χ0n) is 13.6. The Morgan fingerprint density at radius 2 is 1.92 bits per heavy atom. The van der Waals surface area contributed by atoms with Gasteiger partial charge in [0.2, 0.25) is 15.9 Å². The number of carbonyl (C=O) groups is 2. The number of benzene rings is 1. The summed E-state index contributed by atoms with van der Waals surface area (Å²) in [7, 11) is -3.79. The van der Waals surface area contributed by atoms with Crippen LogP contribution in [0.2, 0.25) is 0 Å². The molecule has 24 heavy (non-hydrogen) atoms. The van der Waals surface area contributed by atoms with E-state index in [0.29, 0.717) is 12.8 Å². The fraction of sp³-hybridized carbons (Fsp3) is 0.500. The van der Waals surface area contributed by atoms with Gasteiger partial charge < -0.3 is 10.0 Å². The minimum absolute atomic E-state index is 0.144. The van der Waals surface area contributed by atoms with Crippen molar-refractivity contribution in [1.82, 2.24) is 9.21 Å². The first kappa shape index (κ1) is 18.4. The van der Waals surface area contributed by atoms with E-state index >= 15 is 0 Å². The van der Waals surface area contributed by atoms with Crippen molar-refractivity contribution in [3.8, 4) is 0 Å². The molecule has 0 spiro atoms. The molecule has 0 aliphatic carbocycles. The number of nitrogens with zero attached hydrogens (tertiary/aromatic N) is 2. The lowest BCUT2D eigenvalue weighted by molar-refractivity contribution is -0.146. The van der Waals surface area contributed by atoms with Crippen molar-refractivity contribution in [2.24, 2.45) is 0 Å². The van der Waals surface area contributed by atoms with Gasteiger partial charge in [-0.2, -0.15) is 4.31 Å². The molecule has 1 heterocycles. The molecule has 1 N–H and O–H groups in total. The average Bonchev–Trinajstić information content (AvgIpc) is 2.59. The monoisotopic (exact) mass is 354 g/mol. The molecule has 0 radical (unpaired) electrons. The van der Waals surface area contributed by atoms with Gasteiger partial charge in [0.05, 0.1) is 4.90 Å². The Morgan fingerprint density at radius 3 is 2.50 bits per heavy atom. The van der Waals surface area contributed by atoms with Gasteiger partial charge in [0, 0.05) is 13.1 Å². The third kappa shape index (κ3) is 3.93. The van der Waals surface area contributed by atoms with Gasteiger partial charge in [0.15, 0.2) is 0 Å². The van der Waals surface area contributed by atoms with Crippen LogP contribution in [0.5, 0.6) is 0 Å². The molecule has 0 bridgehead atoms. The molecule has 2 rings (SSSR count). The second kappa shape index (κ2) is 7.76. The first-order valence-electron chi connectivity index (χ1n) is 7.95. The molecule has 1 amide bonds. The van der Waals surface area contributed by atoms with Crippen LogP contribution in [0.4, 0.5) is 0 Å². The number of sulfonamides is 1. The summed E-state index contributed by atoms with van der Waals surface area (Å²) in [4.78, 5) is 25.0. The first-order valence-corrected chi connectivity index (χ1v) is 9.39. The maximum Gasteiger partial charge on any atom is 0.323 e. The Balaban J connectivity index is 2.31. The predicted octanol–water partition coefficient (Wildman–Crippen LogP) is 1.16. The summed E-state index contributed by atoms with van der Waals surface area (Å²) < 4.78 is 27.0. The van der Waals surface area contributed by atoms with Crippen molar-refractivity contribution in [2.45, 2.75) is 37.1 Å². The molecule has 7 nitrogen and oxygen atoms in total. The predicted molar refractivity (Wildman–Crippen MR) is 87.9 cm³/mol. The van der Waals surface area contributed by atoms with Crippen molar-refractivity contribution < 1.29 is 23.1 Å². The number of hydrogen-bond acceptors (Lipinski definition) is 4. The number of hydrogen-bond donors (Lipinski definition) is 1. The van der Waals surface area contributed by atoms with Crippen molar-refractivity contribution in [1.29, 1.82) is 0 Å². The van der Waals surface area contributed by atoms with Crippen LogP contribution in [0.15, 0.2) is 35.2 Å². The highest BCUT2D eigenvalue weighted by molar-refractivity contribution is 7.89. The Kier molecular flexibility index (Phi) is 5.95. The fourth-order valence-electron chi connectivity index (χ4n) is 2.89. The number of carboxylic acid groups (broad SMARTS) is 1. The summed E-state index contributed by atoms with van der Waals surface area (Å²) >= 11 is 0. The summed E-state index contributed by atoms with van der Waals surface area (Å²) in [6, 6.07) is 7.15. The van der Waals surface area contributed by atoms with Crippen molar-refractivity contribution >= 4 is 21.9 Å². The zero-order chi connectivity index (χ0) is 17.7. The third-order valence-corrected chi connectivity index (χ3v) is 6.03. The van der Waals surface area contributed by atoms with E-state index in [2.05, 4.69) is 0 Å². The van der Waals surface area contributed by atoms with E-state index < -0.39 is 34.5 Å². The number of amides is 1. The van der Waals surface area contributed by atoms with Crippen molar-refractivity contribution in [3.63, 3.8) is 0 Å². The molecule has 0 saturated carbocycles. The van der Waals surface area contributed by atoms with E-state index in [-0.39, 0.29) is 18.0 Å². The average molecular weight is 354 g/mol. The minimum Gasteiger partial charge on any atom is -0.480 e. The number of carboxylic acids is 1. The molecule has 1 unspecified atom stereocenters. The standard InChI is InChI=1S/C16H22N2O5S/c1-2-17(12-15(19)20)16(21)14-10-6-7-11-18(14)24(22,23)13-8-4-3-5-9-13/h3-5,8-9,14H,2,6-7,10-12H2,1H3,(H,19,20). The summed E-state index contributed by atoms with van der Waals surface area (Å²) in [5.74, 6) is -1.56. The van der Waals surface area contributed by atoms with E-state index in [9.17, 15) is 18.0 Å².